The number of hydrogen-bond acceptors (Lipinski definition) is 3. The first-order valence-corrected chi connectivity index (χ1v) is 7.62. The molecule has 0 fully saturated rings. The van der Waals surface area contributed by atoms with Gasteiger partial charge in [0.1, 0.15) is 0 Å². The lowest BCUT2D eigenvalue weighted by Crippen LogP contribution is -2.12. The lowest BCUT2D eigenvalue weighted by molar-refractivity contribution is 0.200. The number of thiophene rings is 1. The van der Waals surface area contributed by atoms with Crippen LogP contribution in [-0.4, -0.2) is 17.0 Å². The van der Waals surface area contributed by atoms with E-state index >= 15 is 0 Å². The van der Waals surface area contributed by atoms with E-state index in [0.717, 1.165) is 16.3 Å². The largest absolute Gasteiger partial charge is 0.392 e. The van der Waals surface area contributed by atoms with E-state index in [1.807, 2.05) is 29.6 Å². The van der Waals surface area contributed by atoms with Crippen LogP contribution in [0.25, 0.3) is 0 Å². The van der Waals surface area contributed by atoms with Crippen molar-refractivity contribution in [2.24, 2.45) is 0 Å². The SMILES string of the molecule is OC(CSc1ccc(Cl)cc1)Cc1ccsc1. The molecule has 0 saturated carbocycles. The number of benzene rings is 1. The summed E-state index contributed by atoms with van der Waals surface area (Å²) in [5, 5.41) is 14.8. The van der Waals surface area contributed by atoms with E-state index in [2.05, 4.69) is 11.4 Å². The summed E-state index contributed by atoms with van der Waals surface area (Å²) in [7, 11) is 0. The van der Waals surface area contributed by atoms with Crippen LogP contribution in [0.5, 0.6) is 0 Å². The van der Waals surface area contributed by atoms with Gasteiger partial charge in [0.05, 0.1) is 6.10 Å². The van der Waals surface area contributed by atoms with Crippen molar-refractivity contribution >= 4 is 34.7 Å². The van der Waals surface area contributed by atoms with Crippen LogP contribution in [-0.2, 0) is 6.42 Å². The van der Waals surface area contributed by atoms with E-state index in [1.165, 1.54) is 5.56 Å². The zero-order chi connectivity index (χ0) is 12.1. The van der Waals surface area contributed by atoms with Crippen LogP contribution < -0.4 is 0 Å². The van der Waals surface area contributed by atoms with Crippen LogP contribution in [0.3, 0.4) is 0 Å². The highest BCUT2D eigenvalue weighted by Gasteiger charge is 2.06. The van der Waals surface area contributed by atoms with Crippen molar-refractivity contribution in [1.82, 2.24) is 0 Å². The lowest BCUT2D eigenvalue weighted by atomic mass is 10.2. The van der Waals surface area contributed by atoms with Gasteiger partial charge in [-0.2, -0.15) is 11.3 Å². The summed E-state index contributed by atoms with van der Waals surface area (Å²) in [6.45, 7) is 0. The van der Waals surface area contributed by atoms with Gasteiger partial charge >= 0.3 is 0 Å². The number of halogens is 1. The molecule has 1 N–H and O–H groups in total. The molecular formula is C13H13ClOS2. The Balaban J connectivity index is 1.79. The average Bonchev–Trinajstić information content (AvgIpc) is 2.81. The third-order valence-electron chi connectivity index (χ3n) is 2.31. The Morgan fingerprint density at radius 2 is 2.00 bits per heavy atom. The monoisotopic (exact) mass is 284 g/mol. The molecule has 0 spiro atoms. The molecule has 1 unspecified atom stereocenters. The molecule has 1 nitrogen and oxygen atoms in total. The van der Waals surface area contributed by atoms with Crippen molar-refractivity contribution in [2.75, 3.05) is 5.75 Å². The maximum atomic E-state index is 9.89. The molecule has 4 heteroatoms. The van der Waals surface area contributed by atoms with Crippen molar-refractivity contribution < 1.29 is 5.11 Å². The van der Waals surface area contributed by atoms with Gasteiger partial charge in [-0.15, -0.1) is 11.8 Å². The molecule has 0 saturated heterocycles. The van der Waals surface area contributed by atoms with Gasteiger partial charge in [-0.25, -0.2) is 0 Å². The van der Waals surface area contributed by atoms with Crippen LogP contribution in [0.1, 0.15) is 5.56 Å². The summed E-state index contributed by atoms with van der Waals surface area (Å²) in [6, 6.07) is 9.75. The first-order valence-electron chi connectivity index (χ1n) is 5.31. The number of rotatable bonds is 5. The number of hydrogen-bond donors (Lipinski definition) is 1. The van der Waals surface area contributed by atoms with Crippen molar-refractivity contribution in [1.29, 1.82) is 0 Å². The number of thioether (sulfide) groups is 1. The van der Waals surface area contributed by atoms with Crippen molar-refractivity contribution in [3.05, 3.63) is 51.7 Å². The minimum atomic E-state index is -0.301. The molecule has 0 aliphatic carbocycles. The predicted molar refractivity (Wildman–Crippen MR) is 76.2 cm³/mol. The second-order valence-corrected chi connectivity index (χ2v) is 6.06. The first kappa shape index (κ1) is 13.0. The summed E-state index contributed by atoms with van der Waals surface area (Å²) >= 11 is 9.13. The van der Waals surface area contributed by atoms with E-state index in [1.54, 1.807) is 23.1 Å². The number of aliphatic hydroxyl groups excluding tert-OH is 1. The Morgan fingerprint density at radius 1 is 1.24 bits per heavy atom. The number of aliphatic hydroxyl groups is 1. The summed E-state index contributed by atoms with van der Waals surface area (Å²) in [4.78, 5) is 1.14. The zero-order valence-corrected chi connectivity index (χ0v) is 11.6. The van der Waals surface area contributed by atoms with Gasteiger partial charge in [0.15, 0.2) is 0 Å². The minimum Gasteiger partial charge on any atom is -0.392 e. The Morgan fingerprint density at radius 3 is 2.65 bits per heavy atom. The molecule has 1 atom stereocenters. The molecule has 2 rings (SSSR count). The van der Waals surface area contributed by atoms with E-state index in [4.69, 9.17) is 11.6 Å². The highest BCUT2D eigenvalue weighted by molar-refractivity contribution is 7.99. The first-order chi connectivity index (χ1) is 8.24. The van der Waals surface area contributed by atoms with Crippen LogP contribution in [0.2, 0.25) is 5.02 Å². The van der Waals surface area contributed by atoms with Crippen LogP contribution in [0.15, 0.2) is 46.0 Å². The molecule has 1 aromatic carbocycles. The molecule has 0 radical (unpaired) electrons. The quantitative estimate of drug-likeness (QED) is 0.834. The smallest absolute Gasteiger partial charge is 0.0674 e. The third-order valence-corrected chi connectivity index (χ3v) is 4.45. The standard InChI is InChI=1S/C13H13ClOS2/c14-11-1-3-13(4-2-11)17-9-12(15)7-10-5-6-16-8-10/h1-6,8,12,15H,7,9H2. The van der Waals surface area contributed by atoms with Crippen molar-refractivity contribution in [2.45, 2.75) is 17.4 Å². The average molecular weight is 285 g/mol. The molecular weight excluding hydrogens is 272 g/mol. The summed E-state index contributed by atoms with van der Waals surface area (Å²) in [5.41, 5.74) is 1.21. The highest BCUT2D eigenvalue weighted by atomic mass is 35.5. The van der Waals surface area contributed by atoms with Crippen LogP contribution in [0.4, 0.5) is 0 Å². The molecule has 0 aliphatic heterocycles. The fourth-order valence-corrected chi connectivity index (χ4v) is 3.10. The highest BCUT2D eigenvalue weighted by Crippen LogP contribution is 2.22. The summed E-state index contributed by atoms with van der Waals surface area (Å²) in [6.07, 6.45) is 0.426. The van der Waals surface area contributed by atoms with Gasteiger partial charge in [0, 0.05) is 15.7 Å². The van der Waals surface area contributed by atoms with Gasteiger partial charge in [-0.05, 0) is 53.1 Å². The molecule has 2 aromatic rings. The molecule has 0 aliphatic rings. The zero-order valence-electron chi connectivity index (χ0n) is 9.17. The second-order valence-electron chi connectivity index (χ2n) is 3.75. The predicted octanol–water partition coefficient (Wildman–Crippen LogP) is 4.10. The molecule has 0 amide bonds. The Labute approximate surface area is 114 Å². The van der Waals surface area contributed by atoms with Crippen molar-refractivity contribution in [3.8, 4) is 0 Å². The fraction of sp³-hybridized carbons (Fsp3) is 0.231. The molecule has 90 valence electrons. The molecule has 17 heavy (non-hydrogen) atoms. The third kappa shape index (κ3) is 4.36. The molecule has 0 bridgehead atoms. The van der Waals surface area contributed by atoms with E-state index in [9.17, 15) is 5.11 Å². The van der Waals surface area contributed by atoms with E-state index in [0.29, 0.717) is 5.75 Å². The van der Waals surface area contributed by atoms with Gasteiger partial charge in [0.25, 0.3) is 0 Å². The molecule has 1 heterocycles. The van der Waals surface area contributed by atoms with Gasteiger partial charge in [0.2, 0.25) is 0 Å². The molecule has 1 aromatic heterocycles. The van der Waals surface area contributed by atoms with E-state index < -0.39 is 0 Å². The van der Waals surface area contributed by atoms with Gasteiger partial charge in [-0.3, -0.25) is 0 Å². The van der Waals surface area contributed by atoms with Gasteiger partial charge < -0.3 is 5.11 Å². The second kappa shape index (κ2) is 6.45. The van der Waals surface area contributed by atoms with Crippen molar-refractivity contribution in [3.63, 3.8) is 0 Å². The Hall–Kier alpha value is -0.480. The summed E-state index contributed by atoms with van der Waals surface area (Å²) in [5.74, 6) is 0.706. The maximum Gasteiger partial charge on any atom is 0.0674 e. The Bertz CT molecular complexity index is 439. The summed E-state index contributed by atoms with van der Waals surface area (Å²) < 4.78 is 0. The fourth-order valence-electron chi connectivity index (χ4n) is 1.46. The maximum absolute atomic E-state index is 9.89. The van der Waals surface area contributed by atoms with Crippen LogP contribution in [0, 0.1) is 0 Å². The topological polar surface area (TPSA) is 20.2 Å². The lowest BCUT2D eigenvalue weighted by Gasteiger charge is -2.09. The van der Waals surface area contributed by atoms with Gasteiger partial charge in [-0.1, -0.05) is 11.6 Å². The Kier molecular flexibility index (Phi) is 4.92. The normalized spacial score (nSPS) is 12.6. The minimum absolute atomic E-state index is 0.301. The van der Waals surface area contributed by atoms with Crippen LogP contribution >= 0.6 is 34.7 Å². The van der Waals surface area contributed by atoms with E-state index in [-0.39, 0.29) is 6.10 Å².